The monoisotopic (exact) mass is 323 g/mol. The average molecular weight is 324 g/mol. The Morgan fingerprint density at radius 1 is 1.47 bits per heavy atom. The number of aryl methyl sites for hydroxylation is 1. The molecule has 1 amide bonds. The van der Waals surface area contributed by atoms with Gasteiger partial charge in [-0.15, -0.1) is 0 Å². The normalized spacial score (nSPS) is 12.2. The summed E-state index contributed by atoms with van der Waals surface area (Å²) in [6.45, 7) is 1.73. The minimum atomic E-state index is -0.546. The van der Waals surface area contributed by atoms with Crippen molar-refractivity contribution in [2.24, 2.45) is 0 Å². The minimum absolute atomic E-state index is 0.220. The highest BCUT2D eigenvalue weighted by Crippen LogP contribution is 2.20. The molecule has 100 valence electrons. The van der Waals surface area contributed by atoms with E-state index in [0.29, 0.717) is 11.3 Å². The first-order chi connectivity index (χ1) is 9.11. The molecule has 4 nitrogen and oxygen atoms in total. The van der Waals surface area contributed by atoms with Crippen molar-refractivity contribution >= 4 is 21.8 Å². The summed E-state index contributed by atoms with van der Waals surface area (Å²) in [4.78, 5) is 12.1. The highest BCUT2D eigenvalue weighted by Gasteiger charge is 2.18. The smallest absolute Gasteiger partial charge is 0.253 e. The van der Waals surface area contributed by atoms with Gasteiger partial charge in [0.05, 0.1) is 18.4 Å². The van der Waals surface area contributed by atoms with Gasteiger partial charge in [0.15, 0.2) is 0 Å². The van der Waals surface area contributed by atoms with Crippen LogP contribution in [-0.4, -0.2) is 17.6 Å². The molecule has 1 unspecified atom stereocenters. The van der Waals surface area contributed by atoms with Crippen LogP contribution in [0.5, 0.6) is 0 Å². The maximum absolute atomic E-state index is 12.1. The van der Waals surface area contributed by atoms with Crippen LogP contribution < -0.4 is 5.32 Å². The van der Waals surface area contributed by atoms with Crippen molar-refractivity contribution in [1.82, 2.24) is 5.32 Å². The van der Waals surface area contributed by atoms with Gasteiger partial charge >= 0.3 is 0 Å². The Morgan fingerprint density at radius 2 is 2.26 bits per heavy atom. The van der Waals surface area contributed by atoms with Crippen LogP contribution in [0.1, 0.15) is 27.7 Å². The molecule has 2 rings (SSSR count). The zero-order valence-corrected chi connectivity index (χ0v) is 12.0. The lowest BCUT2D eigenvalue weighted by Gasteiger charge is -2.14. The quantitative estimate of drug-likeness (QED) is 0.909. The molecule has 1 atom stereocenters. The predicted octanol–water partition coefficient (Wildman–Crippen LogP) is 2.81. The van der Waals surface area contributed by atoms with Gasteiger partial charge < -0.3 is 14.8 Å². The molecule has 1 aromatic heterocycles. The lowest BCUT2D eigenvalue weighted by atomic mass is 10.1. The number of hydrogen-bond donors (Lipinski definition) is 2. The number of halogens is 1. The zero-order valence-electron chi connectivity index (χ0n) is 10.4. The van der Waals surface area contributed by atoms with Gasteiger partial charge in [-0.1, -0.05) is 6.07 Å². The maximum atomic E-state index is 12.1. The number of hydrogen-bond acceptors (Lipinski definition) is 3. The Morgan fingerprint density at radius 3 is 2.84 bits per heavy atom. The number of furan rings is 1. The topological polar surface area (TPSA) is 62.5 Å². The minimum Gasteiger partial charge on any atom is -0.467 e. The van der Waals surface area contributed by atoms with Crippen molar-refractivity contribution in [3.8, 4) is 0 Å². The first-order valence-electron chi connectivity index (χ1n) is 5.83. The van der Waals surface area contributed by atoms with Crippen molar-refractivity contribution in [1.29, 1.82) is 0 Å². The van der Waals surface area contributed by atoms with E-state index in [-0.39, 0.29) is 12.5 Å². The largest absolute Gasteiger partial charge is 0.467 e. The summed E-state index contributed by atoms with van der Waals surface area (Å²) in [6, 6.07) is 8.36. The molecule has 0 aliphatic carbocycles. The number of benzene rings is 1. The summed E-state index contributed by atoms with van der Waals surface area (Å²) < 4.78 is 5.91. The summed E-state index contributed by atoms with van der Waals surface area (Å²) in [5, 5.41) is 12.1. The van der Waals surface area contributed by atoms with E-state index < -0.39 is 6.04 Å². The Kier molecular flexibility index (Phi) is 4.39. The second-order valence-corrected chi connectivity index (χ2v) is 5.06. The first kappa shape index (κ1) is 13.8. The van der Waals surface area contributed by atoms with Crippen molar-refractivity contribution in [2.75, 3.05) is 6.61 Å². The molecule has 2 aromatic rings. The number of aliphatic hydroxyl groups is 1. The van der Waals surface area contributed by atoms with Crippen molar-refractivity contribution in [3.63, 3.8) is 0 Å². The molecule has 0 bridgehead atoms. The number of carbonyl (C=O) groups excluding carboxylic acids is 1. The molecule has 0 aliphatic rings. The maximum Gasteiger partial charge on any atom is 0.253 e. The van der Waals surface area contributed by atoms with E-state index in [0.717, 1.165) is 10.0 Å². The molecule has 5 heteroatoms. The van der Waals surface area contributed by atoms with Crippen LogP contribution in [0.3, 0.4) is 0 Å². The molecule has 0 spiro atoms. The third-order valence-electron chi connectivity index (χ3n) is 2.74. The average Bonchev–Trinajstić information content (AvgIpc) is 2.89. The Hall–Kier alpha value is -1.59. The van der Waals surface area contributed by atoms with Crippen LogP contribution in [0, 0.1) is 6.92 Å². The molecule has 0 saturated heterocycles. The summed E-state index contributed by atoms with van der Waals surface area (Å²) in [5.74, 6) is 0.265. The number of nitrogens with one attached hydrogen (secondary N) is 1. The number of carbonyl (C=O) groups is 1. The van der Waals surface area contributed by atoms with E-state index in [2.05, 4.69) is 21.2 Å². The van der Waals surface area contributed by atoms with Gasteiger partial charge in [-0.25, -0.2) is 0 Å². The molecule has 0 radical (unpaired) electrons. The molecule has 1 heterocycles. The molecule has 0 saturated carbocycles. The van der Waals surface area contributed by atoms with E-state index in [9.17, 15) is 9.90 Å². The summed E-state index contributed by atoms with van der Waals surface area (Å²) in [7, 11) is 0. The molecule has 0 aliphatic heterocycles. The number of rotatable bonds is 4. The second-order valence-electron chi connectivity index (χ2n) is 4.21. The van der Waals surface area contributed by atoms with Crippen molar-refractivity contribution in [3.05, 3.63) is 58.0 Å². The SMILES string of the molecule is Cc1ccc(C(=O)NC(CO)c2ccco2)c(Br)c1. The number of aliphatic hydroxyl groups excluding tert-OH is 1. The molecule has 1 aromatic carbocycles. The number of amides is 1. The van der Waals surface area contributed by atoms with Gasteiger partial charge in [-0.05, 0) is 52.7 Å². The van der Waals surface area contributed by atoms with Gasteiger partial charge in [-0.2, -0.15) is 0 Å². The standard InChI is InChI=1S/C14H14BrNO3/c1-9-4-5-10(11(15)7-9)14(18)16-12(8-17)13-3-2-6-19-13/h2-7,12,17H,8H2,1H3,(H,16,18). The molecular formula is C14H14BrNO3. The molecular weight excluding hydrogens is 310 g/mol. The van der Waals surface area contributed by atoms with Crippen molar-refractivity contribution < 1.29 is 14.3 Å². The van der Waals surface area contributed by atoms with Crippen molar-refractivity contribution in [2.45, 2.75) is 13.0 Å². The fourth-order valence-electron chi connectivity index (χ4n) is 1.74. The second kappa shape index (κ2) is 6.04. The summed E-state index contributed by atoms with van der Waals surface area (Å²) in [6.07, 6.45) is 1.51. The Bertz CT molecular complexity index is 566. The van der Waals surface area contributed by atoms with Crippen LogP contribution in [0.25, 0.3) is 0 Å². The summed E-state index contributed by atoms with van der Waals surface area (Å²) >= 11 is 3.36. The van der Waals surface area contributed by atoms with E-state index in [1.807, 2.05) is 19.1 Å². The predicted molar refractivity (Wildman–Crippen MR) is 74.9 cm³/mol. The fourth-order valence-corrected chi connectivity index (χ4v) is 2.41. The van der Waals surface area contributed by atoms with Gasteiger partial charge in [-0.3, -0.25) is 4.79 Å². The highest BCUT2D eigenvalue weighted by molar-refractivity contribution is 9.10. The van der Waals surface area contributed by atoms with Crippen LogP contribution in [0.2, 0.25) is 0 Å². The van der Waals surface area contributed by atoms with Crippen LogP contribution in [-0.2, 0) is 0 Å². The molecule has 2 N–H and O–H groups in total. The Balaban J connectivity index is 2.16. The zero-order chi connectivity index (χ0) is 13.8. The van der Waals surface area contributed by atoms with Gasteiger partial charge in [0, 0.05) is 4.47 Å². The van der Waals surface area contributed by atoms with Crippen LogP contribution in [0.4, 0.5) is 0 Å². The van der Waals surface area contributed by atoms with E-state index >= 15 is 0 Å². The lowest BCUT2D eigenvalue weighted by molar-refractivity contribution is 0.0906. The third kappa shape index (κ3) is 3.24. The van der Waals surface area contributed by atoms with E-state index in [1.54, 1.807) is 18.2 Å². The lowest BCUT2D eigenvalue weighted by Crippen LogP contribution is -2.30. The van der Waals surface area contributed by atoms with Gasteiger partial charge in [0.2, 0.25) is 0 Å². The Labute approximate surface area is 119 Å². The third-order valence-corrected chi connectivity index (χ3v) is 3.40. The van der Waals surface area contributed by atoms with E-state index in [1.165, 1.54) is 6.26 Å². The van der Waals surface area contributed by atoms with Crippen LogP contribution >= 0.6 is 15.9 Å². The van der Waals surface area contributed by atoms with Crippen LogP contribution in [0.15, 0.2) is 45.5 Å². The first-order valence-corrected chi connectivity index (χ1v) is 6.62. The van der Waals surface area contributed by atoms with Gasteiger partial charge in [0.1, 0.15) is 11.8 Å². The molecule has 0 fully saturated rings. The fraction of sp³-hybridized carbons (Fsp3) is 0.214. The van der Waals surface area contributed by atoms with Gasteiger partial charge in [0.25, 0.3) is 5.91 Å². The molecule has 19 heavy (non-hydrogen) atoms. The van der Waals surface area contributed by atoms with E-state index in [4.69, 9.17) is 4.42 Å². The summed E-state index contributed by atoms with van der Waals surface area (Å²) in [5.41, 5.74) is 1.59. The highest BCUT2D eigenvalue weighted by atomic mass is 79.9.